The third-order valence-corrected chi connectivity index (χ3v) is 6.92. The number of fused-ring (bicyclic) bond motifs is 1. The fourth-order valence-electron chi connectivity index (χ4n) is 4.15. The molecule has 0 aliphatic carbocycles. The van der Waals surface area contributed by atoms with Crippen LogP contribution in [0.1, 0.15) is 36.1 Å². The molecule has 0 fully saturated rings. The molecule has 196 valence electrons. The maximum absolute atomic E-state index is 13.9. The summed E-state index contributed by atoms with van der Waals surface area (Å²) in [4.78, 5) is 24.4. The molecule has 2 aromatic rings. The second-order valence-corrected chi connectivity index (χ2v) is 9.71. The van der Waals surface area contributed by atoms with Crippen LogP contribution in [0.2, 0.25) is 0 Å². The minimum atomic E-state index is -5.70. The van der Waals surface area contributed by atoms with Gasteiger partial charge in [0.1, 0.15) is 6.04 Å². The van der Waals surface area contributed by atoms with Gasteiger partial charge < -0.3 is 10.6 Å². The standard InChI is InChI=1S/C23H23F6N3O3S/c1-13(33)30-10-9-21(22(24,25)26,23(27,28)29)15-3-5-16(6-4-15)32-20(34)19-18-8-7-17(36(2)35)11-14(18)12-31-19/h3-8,11,19,31H,9-10,12H2,1-2H3,(H,30,33)(H,32,34). The Morgan fingerprint density at radius 3 is 2.17 bits per heavy atom. The van der Waals surface area contributed by atoms with E-state index in [4.69, 9.17) is 0 Å². The Morgan fingerprint density at radius 1 is 1.03 bits per heavy atom. The first-order valence-corrected chi connectivity index (χ1v) is 12.2. The van der Waals surface area contributed by atoms with Crippen LogP contribution in [0, 0.1) is 0 Å². The molecular formula is C23H23F6N3O3S. The average Bonchev–Trinajstić information content (AvgIpc) is 3.19. The van der Waals surface area contributed by atoms with E-state index in [-0.39, 0.29) is 5.69 Å². The molecule has 3 rings (SSSR count). The van der Waals surface area contributed by atoms with Crippen LogP contribution in [0.4, 0.5) is 32.0 Å². The summed E-state index contributed by atoms with van der Waals surface area (Å²) in [7, 11) is -1.21. The van der Waals surface area contributed by atoms with Crippen LogP contribution < -0.4 is 16.0 Å². The second-order valence-electron chi connectivity index (χ2n) is 8.33. The van der Waals surface area contributed by atoms with E-state index in [1.807, 2.05) is 5.32 Å². The summed E-state index contributed by atoms with van der Waals surface area (Å²) in [5, 5.41) is 7.45. The molecule has 0 spiro atoms. The van der Waals surface area contributed by atoms with Crippen molar-refractivity contribution in [1.82, 2.24) is 10.6 Å². The molecule has 2 atom stereocenters. The van der Waals surface area contributed by atoms with Crippen LogP contribution in [0.15, 0.2) is 47.4 Å². The van der Waals surface area contributed by atoms with E-state index in [1.54, 1.807) is 18.2 Å². The van der Waals surface area contributed by atoms with Gasteiger partial charge in [-0.1, -0.05) is 18.2 Å². The normalized spacial score (nSPS) is 16.8. The third-order valence-electron chi connectivity index (χ3n) is 6.00. The quantitative estimate of drug-likeness (QED) is 0.466. The molecule has 0 saturated heterocycles. The maximum atomic E-state index is 13.9. The van der Waals surface area contributed by atoms with Crippen LogP contribution in [0.25, 0.3) is 0 Å². The zero-order valence-corrected chi connectivity index (χ0v) is 20.0. The molecular weight excluding hydrogens is 512 g/mol. The van der Waals surface area contributed by atoms with Crippen LogP contribution in [-0.2, 0) is 32.3 Å². The van der Waals surface area contributed by atoms with Gasteiger partial charge in [-0.2, -0.15) is 26.3 Å². The summed E-state index contributed by atoms with van der Waals surface area (Å²) in [6.45, 7) is 0.472. The number of carbonyl (C=O) groups is 2. The minimum Gasteiger partial charge on any atom is -0.356 e. The lowest BCUT2D eigenvalue weighted by molar-refractivity contribution is -0.305. The van der Waals surface area contributed by atoms with Crippen LogP contribution in [0.5, 0.6) is 0 Å². The van der Waals surface area contributed by atoms with E-state index in [0.717, 1.165) is 24.6 Å². The van der Waals surface area contributed by atoms with Gasteiger partial charge in [0, 0.05) is 47.7 Å². The van der Waals surface area contributed by atoms with Crippen LogP contribution in [-0.4, -0.2) is 41.2 Å². The molecule has 0 radical (unpaired) electrons. The molecule has 3 N–H and O–H groups in total. The van der Waals surface area contributed by atoms with Crippen molar-refractivity contribution in [3.63, 3.8) is 0 Å². The summed E-state index contributed by atoms with van der Waals surface area (Å²) >= 11 is 0. The number of rotatable bonds is 7. The van der Waals surface area contributed by atoms with Gasteiger partial charge in [-0.15, -0.1) is 0 Å². The lowest BCUT2D eigenvalue weighted by Gasteiger charge is -2.38. The minimum absolute atomic E-state index is 0.00499. The summed E-state index contributed by atoms with van der Waals surface area (Å²) < 4.78 is 95.0. The Labute approximate surface area is 205 Å². The predicted octanol–water partition coefficient (Wildman–Crippen LogP) is 4.10. The highest BCUT2D eigenvalue weighted by molar-refractivity contribution is 7.84. The van der Waals surface area contributed by atoms with E-state index < -0.39 is 65.0 Å². The number of hydrogen-bond donors (Lipinski definition) is 3. The van der Waals surface area contributed by atoms with E-state index in [9.17, 15) is 40.1 Å². The lowest BCUT2D eigenvalue weighted by atomic mass is 9.75. The number of halogens is 6. The fraction of sp³-hybridized carbons (Fsp3) is 0.391. The van der Waals surface area contributed by atoms with Crippen molar-refractivity contribution in [3.05, 3.63) is 59.2 Å². The summed E-state index contributed by atoms with van der Waals surface area (Å²) in [6.07, 6.45) is -11.3. The average molecular weight is 536 g/mol. The number of hydrogen-bond acceptors (Lipinski definition) is 4. The highest BCUT2D eigenvalue weighted by Gasteiger charge is 2.70. The first-order valence-electron chi connectivity index (χ1n) is 10.7. The number of nitrogens with one attached hydrogen (secondary N) is 3. The largest absolute Gasteiger partial charge is 0.407 e. The maximum Gasteiger partial charge on any atom is 0.407 e. The Hall–Kier alpha value is -2.93. The topological polar surface area (TPSA) is 87.3 Å². The van der Waals surface area contributed by atoms with Gasteiger partial charge in [-0.25, -0.2) is 0 Å². The third kappa shape index (κ3) is 5.41. The molecule has 2 unspecified atom stereocenters. The highest BCUT2D eigenvalue weighted by atomic mass is 32.2. The van der Waals surface area contributed by atoms with Gasteiger partial charge in [0.2, 0.25) is 11.8 Å². The molecule has 2 amide bonds. The summed E-state index contributed by atoms with van der Waals surface area (Å²) in [6, 6.07) is 7.44. The Bertz CT molecular complexity index is 1150. The van der Waals surface area contributed by atoms with E-state index in [1.165, 1.54) is 6.26 Å². The fourth-order valence-corrected chi connectivity index (χ4v) is 4.71. The molecule has 0 saturated carbocycles. The van der Waals surface area contributed by atoms with Gasteiger partial charge in [0.05, 0.1) is 0 Å². The van der Waals surface area contributed by atoms with Crippen LogP contribution >= 0.6 is 0 Å². The molecule has 13 heteroatoms. The van der Waals surface area contributed by atoms with Crippen molar-refractivity contribution in [3.8, 4) is 0 Å². The Balaban J connectivity index is 1.84. The van der Waals surface area contributed by atoms with Crippen LogP contribution in [0.3, 0.4) is 0 Å². The van der Waals surface area contributed by atoms with Crippen molar-refractivity contribution in [2.45, 2.75) is 48.6 Å². The molecule has 1 aliphatic heterocycles. The van der Waals surface area contributed by atoms with Crippen molar-refractivity contribution in [2.75, 3.05) is 18.1 Å². The van der Waals surface area contributed by atoms with Gasteiger partial charge in [-0.3, -0.25) is 19.1 Å². The van der Waals surface area contributed by atoms with Crippen molar-refractivity contribution >= 4 is 28.3 Å². The van der Waals surface area contributed by atoms with Crippen molar-refractivity contribution in [2.24, 2.45) is 0 Å². The molecule has 36 heavy (non-hydrogen) atoms. The first-order chi connectivity index (χ1) is 16.7. The molecule has 6 nitrogen and oxygen atoms in total. The van der Waals surface area contributed by atoms with Gasteiger partial charge in [0.25, 0.3) is 0 Å². The molecule has 1 aliphatic rings. The molecule has 0 aromatic heterocycles. The number of amides is 2. The molecule has 1 heterocycles. The van der Waals surface area contributed by atoms with Crippen molar-refractivity contribution < 1.29 is 40.1 Å². The zero-order chi connectivity index (χ0) is 26.9. The monoisotopic (exact) mass is 535 g/mol. The number of benzene rings is 2. The van der Waals surface area contributed by atoms with E-state index in [2.05, 4.69) is 10.6 Å². The van der Waals surface area contributed by atoms with Gasteiger partial charge in [-0.05, 0) is 47.4 Å². The molecule has 0 bridgehead atoms. The Morgan fingerprint density at radius 2 is 1.64 bits per heavy atom. The molecule has 2 aromatic carbocycles. The SMILES string of the molecule is CC(=O)NCCC(c1ccc(NC(=O)C2NCc3cc(S(C)=O)ccc32)cc1)(C(F)(F)F)C(F)(F)F. The predicted molar refractivity (Wildman–Crippen MR) is 121 cm³/mol. The summed E-state index contributed by atoms with van der Waals surface area (Å²) in [5.41, 5.74) is -3.88. The lowest BCUT2D eigenvalue weighted by Crippen LogP contribution is -2.55. The highest BCUT2D eigenvalue weighted by Crippen LogP contribution is 2.54. The van der Waals surface area contributed by atoms with Gasteiger partial charge in [0.15, 0.2) is 5.41 Å². The number of carbonyl (C=O) groups excluding carboxylic acids is 2. The smallest absolute Gasteiger partial charge is 0.356 e. The summed E-state index contributed by atoms with van der Waals surface area (Å²) in [5.74, 6) is -1.32. The zero-order valence-electron chi connectivity index (χ0n) is 19.1. The first kappa shape index (κ1) is 27.7. The Kier molecular flexibility index (Phi) is 7.84. The van der Waals surface area contributed by atoms with Gasteiger partial charge >= 0.3 is 12.4 Å². The second kappa shape index (κ2) is 10.2. The van der Waals surface area contributed by atoms with E-state index in [0.29, 0.717) is 29.1 Å². The number of anilines is 1. The van der Waals surface area contributed by atoms with Crippen molar-refractivity contribution in [1.29, 1.82) is 0 Å². The van der Waals surface area contributed by atoms with E-state index >= 15 is 0 Å². The number of alkyl halides is 6.